The molecule has 5 rings (SSSR count). The average molecular weight is 459 g/mol. The van der Waals surface area contributed by atoms with Crippen molar-refractivity contribution in [2.75, 3.05) is 5.32 Å². The van der Waals surface area contributed by atoms with Crippen LogP contribution in [0.25, 0.3) is 10.8 Å². The van der Waals surface area contributed by atoms with Crippen molar-refractivity contribution in [1.29, 1.82) is 0 Å². The Morgan fingerprint density at radius 2 is 1.58 bits per heavy atom. The summed E-state index contributed by atoms with van der Waals surface area (Å²) in [5.74, 6) is 1.45. The van der Waals surface area contributed by atoms with Crippen LogP contribution >= 0.6 is 0 Å². The second-order valence-corrected chi connectivity index (χ2v) is 11.1. The van der Waals surface area contributed by atoms with Crippen molar-refractivity contribution in [3.8, 4) is 0 Å². The van der Waals surface area contributed by atoms with Crippen LogP contribution in [0, 0.1) is 11.8 Å². The molecule has 5 heteroatoms. The van der Waals surface area contributed by atoms with Gasteiger partial charge >= 0.3 is 6.18 Å². The molecule has 2 nitrogen and oxygen atoms in total. The van der Waals surface area contributed by atoms with Gasteiger partial charge in [-0.1, -0.05) is 38.5 Å². The minimum absolute atomic E-state index is 0.125. The van der Waals surface area contributed by atoms with Gasteiger partial charge in [-0.15, -0.1) is 0 Å². The number of benzene rings is 2. The summed E-state index contributed by atoms with van der Waals surface area (Å²) in [7, 11) is 0. The quantitative estimate of drug-likeness (QED) is 0.499. The molecule has 2 aromatic carbocycles. The molecule has 180 valence electrons. The molecule has 0 radical (unpaired) electrons. The predicted molar refractivity (Wildman–Crippen MR) is 129 cm³/mol. The van der Waals surface area contributed by atoms with Crippen LogP contribution in [0.3, 0.4) is 0 Å². The van der Waals surface area contributed by atoms with Crippen LogP contribution in [-0.2, 0) is 12.7 Å². The molecule has 0 amide bonds. The van der Waals surface area contributed by atoms with Crippen molar-refractivity contribution in [2.24, 2.45) is 11.8 Å². The molecule has 3 fully saturated rings. The van der Waals surface area contributed by atoms with Crippen molar-refractivity contribution >= 4 is 16.5 Å². The fourth-order valence-electron chi connectivity index (χ4n) is 6.75. The molecule has 2 aliphatic heterocycles. The lowest BCUT2D eigenvalue weighted by Crippen LogP contribution is -2.51. The van der Waals surface area contributed by atoms with Gasteiger partial charge in [-0.2, -0.15) is 13.2 Å². The molecule has 2 heterocycles. The van der Waals surface area contributed by atoms with Crippen LogP contribution in [-0.4, -0.2) is 23.0 Å². The molecule has 3 aliphatic rings. The summed E-state index contributed by atoms with van der Waals surface area (Å²) in [6.45, 7) is 5.43. The van der Waals surface area contributed by atoms with Gasteiger partial charge in [0.1, 0.15) is 0 Å². The summed E-state index contributed by atoms with van der Waals surface area (Å²) in [6.07, 6.45) is 5.95. The lowest BCUT2D eigenvalue weighted by atomic mass is 9.79. The van der Waals surface area contributed by atoms with Crippen LogP contribution in [0.2, 0.25) is 0 Å². The molecule has 2 unspecified atom stereocenters. The number of hydrogen-bond acceptors (Lipinski definition) is 2. The third kappa shape index (κ3) is 4.89. The number of halogens is 3. The molecule has 2 saturated heterocycles. The fraction of sp³-hybridized carbons (Fsp3) is 0.643. The Bertz CT molecular complexity index is 963. The van der Waals surface area contributed by atoms with Crippen molar-refractivity contribution in [1.82, 2.24) is 4.90 Å². The first kappa shape index (κ1) is 23.0. The third-order valence-corrected chi connectivity index (χ3v) is 8.47. The minimum Gasteiger partial charge on any atom is -0.382 e. The number of alkyl halides is 3. The highest BCUT2D eigenvalue weighted by Gasteiger charge is 2.38. The highest BCUT2D eigenvalue weighted by atomic mass is 19.4. The first-order valence-electron chi connectivity index (χ1n) is 12.9. The summed E-state index contributed by atoms with van der Waals surface area (Å²) in [4.78, 5) is 2.63. The Hall–Kier alpha value is -1.75. The van der Waals surface area contributed by atoms with Crippen molar-refractivity contribution in [2.45, 2.75) is 102 Å². The van der Waals surface area contributed by atoms with E-state index in [9.17, 15) is 13.2 Å². The van der Waals surface area contributed by atoms with Crippen LogP contribution in [0.15, 0.2) is 30.3 Å². The smallest absolute Gasteiger partial charge is 0.382 e. The van der Waals surface area contributed by atoms with Gasteiger partial charge in [0.15, 0.2) is 0 Å². The molecular formula is C28H37F3N2. The van der Waals surface area contributed by atoms with Crippen molar-refractivity contribution < 1.29 is 13.2 Å². The zero-order chi connectivity index (χ0) is 23.2. The van der Waals surface area contributed by atoms with Crippen LogP contribution in [0.4, 0.5) is 18.9 Å². The summed E-state index contributed by atoms with van der Waals surface area (Å²) >= 11 is 0. The molecule has 0 aromatic heterocycles. The summed E-state index contributed by atoms with van der Waals surface area (Å²) in [5, 5.41) is 4.26. The van der Waals surface area contributed by atoms with Crippen LogP contribution < -0.4 is 5.32 Å². The standard InChI is InChI=1S/C28H37F3N2/c1-18-6-10-22(11-7-18)32-26-13-9-21-16-20(8-12-25(21)27(26)28(29,30)31)17-33-23-4-3-5-24(33)15-19(2)14-23/h8-9,12-13,16,18-19,22-24,32H,3-7,10-11,14-15,17H2,1-2H3/t18-,19?,22+,23?,24?. The van der Waals surface area contributed by atoms with Gasteiger partial charge in [0.25, 0.3) is 0 Å². The average Bonchev–Trinajstić information content (AvgIpc) is 2.75. The summed E-state index contributed by atoms with van der Waals surface area (Å²) < 4.78 is 42.6. The maximum atomic E-state index is 14.2. The molecule has 1 aliphatic carbocycles. The van der Waals surface area contributed by atoms with E-state index < -0.39 is 11.7 Å². The van der Waals surface area contributed by atoms with E-state index in [4.69, 9.17) is 0 Å². The van der Waals surface area contributed by atoms with Crippen molar-refractivity contribution in [3.63, 3.8) is 0 Å². The van der Waals surface area contributed by atoms with E-state index in [1.807, 2.05) is 18.2 Å². The first-order chi connectivity index (χ1) is 15.8. The maximum absolute atomic E-state index is 14.2. The minimum atomic E-state index is -4.38. The number of hydrogen-bond donors (Lipinski definition) is 1. The Labute approximate surface area is 195 Å². The topological polar surface area (TPSA) is 15.3 Å². The number of fused-ring (bicyclic) bond motifs is 3. The van der Waals surface area contributed by atoms with Crippen LogP contribution in [0.5, 0.6) is 0 Å². The molecule has 33 heavy (non-hydrogen) atoms. The molecule has 2 aromatic rings. The molecule has 2 atom stereocenters. The first-order valence-corrected chi connectivity index (χ1v) is 12.9. The van der Waals surface area contributed by atoms with Crippen LogP contribution in [0.1, 0.15) is 82.8 Å². The van der Waals surface area contributed by atoms with E-state index in [1.54, 1.807) is 12.1 Å². The zero-order valence-corrected chi connectivity index (χ0v) is 19.9. The number of anilines is 1. The third-order valence-electron chi connectivity index (χ3n) is 8.47. The Balaban J connectivity index is 1.42. The second kappa shape index (κ2) is 9.13. The number of rotatable bonds is 4. The van der Waals surface area contributed by atoms with E-state index in [0.29, 0.717) is 28.8 Å². The lowest BCUT2D eigenvalue weighted by molar-refractivity contribution is -0.135. The van der Waals surface area contributed by atoms with Gasteiger partial charge in [0, 0.05) is 30.4 Å². The second-order valence-electron chi connectivity index (χ2n) is 11.1. The number of nitrogens with zero attached hydrogens (tertiary/aromatic N) is 1. The Morgan fingerprint density at radius 1 is 0.879 bits per heavy atom. The fourth-order valence-corrected chi connectivity index (χ4v) is 6.75. The largest absolute Gasteiger partial charge is 0.418 e. The molecular weight excluding hydrogens is 421 g/mol. The number of nitrogens with one attached hydrogen (secondary N) is 1. The summed E-state index contributed by atoms with van der Waals surface area (Å²) in [6, 6.07) is 10.5. The predicted octanol–water partition coefficient (Wildman–Crippen LogP) is 8.00. The van der Waals surface area contributed by atoms with Crippen molar-refractivity contribution in [3.05, 3.63) is 41.5 Å². The molecule has 1 N–H and O–H groups in total. The molecule has 2 bridgehead atoms. The van der Waals surface area contributed by atoms with Gasteiger partial charge in [-0.3, -0.25) is 4.90 Å². The highest BCUT2D eigenvalue weighted by molar-refractivity contribution is 5.91. The van der Waals surface area contributed by atoms with Gasteiger partial charge in [-0.25, -0.2) is 0 Å². The monoisotopic (exact) mass is 458 g/mol. The molecule has 0 spiro atoms. The van der Waals surface area contributed by atoms with Gasteiger partial charge in [0.2, 0.25) is 0 Å². The Kier molecular flexibility index (Phi) is 6.37. The normalized spacial score (nSPS) is 31.0. The Morgan fingerprint density at radius 3 is 2.24 bits per heavy atom. The van der Waals surface area contributed by atoms with E-state index in [2.05, 4.69) is 24.1 Å². The van der Waals surface area contributed by atoms with E-state index in [1.165, 1.54) is 32.1 Å². The molecule has 1 saturated carbocycles. The van der Waals surface area contributed by atoms with E-state index >= 15 is 0 Å². The van der Waals surface area contributed by atoms with Gasteiger partial charge in [0.05, 0.1) is 5.56 Å². The van der Waals surface area contributed by atoms with Gasteiger partial charge in [-0.05, 0) is 91.7 Å². The lowest BCUT2D eigenvalue weighted by Gasteiger charge is -2.48. The number of piperidine rings is 2. The zero-order valence-electron chi connectivity index (χ0n) is 19.9. The van der Waals surface area contributed by atoms with E-state index in [0.717, 1.165) is 43.7 Å². The summed E-state index contributed by atoms with van der Waals surface area (Å²) in [5.41, 5.74) is 0.861. The SMILES string of the molecule is CC1CC2CCCC(C1)N2Cc1ccc2c(C(F)(F)F)c(N[C@H]3CC[C@@H](C)CC3)ccc2c1. The maximum Gasteiger partial charge on any atom is 0.418 e. The van der Waals surface area contributed by atoms with E-state index in [-0.39, 0.29) is 11.7 Å². The van der Waals surface area contributed by atoms with Gasteiger partial charge < -0.3 is 5.32 Å². The highest BCUT2D eigenvalue weighted by Crippen LogP contribution is 2.42.